The number of carbonyl (C=O) groups is 1. The van der Waals surface area contributed by atoms with Gasteiger partial charge >= 0.3 is 0 Å². The monoisotopic (exact) mass is 259 g/mol. The molecule has 2 rings (SSSR count). The Balaban J connectivity index is 1.86. The summed E-state index contributed by atoms with van der Waals surface area (Å²) in [4.78, 5) is 11.7. The molecule has 0 spiro atoms. The molecule has 1 aliphatic carbocycles. The second-order valence-corrected chi connectivity index (χ2v) is 5.34. The molecule has 1 amide bonds. The third-order valence-corrected chi connectivity index (χ3v) is 3.73. The molecule has 3 heteroatoms. The van der Waals surface area contributed by atoms with Crippen molar-refractivity contribution in [2.45, 2.75) is 38.2 Å². The van der Waals surface area contributed by atoms with E-state index in [-0.39, 0.29) is 5.91 Å². The van der Waals surface area contributed by atoms with Crippen LogP contribution in [-0.4, -0.2) is 23.2 Å². The second kappa shape index (κ2) is 6.02. The van der Waals surface area contributed by atoms with Gasteiger partial charge in [-0.3, -0.25) is 4.79 Å². The largest absolute Gasteiger partial charge is 0.388 e. The van der Waals surface area contributed by atoms with Crippen LogP contribution in [0.25, 0.3) is 6.08 Å². The van der Waals surface area contributed by atoms with Crippen molar-refractivity contribution in [1.82, 2.24) is 5.32 Å². The fraction of sp³-hybridized carbons (Fsp3) is 0.438. The molecule has 1 saturated carbocycles. The summed E-state index contributed by atoms with van der Waals surface area (Å²) in [6.45, 7) is 2.36. The average molecular weight is 259 g/mol. The molecule has 1 aliphatic rings. The highest BCUT2D eigenvalue weighted by atomic mass is 16.3. The van der Waals surface area contributed by atoms with Crippen LogP contribution < -0.4 is 5.32 Å². The number of hydrogen-bond acceptors (Lipinski definition) is 2. The minimum absolute atomic E-state index is 0.149. The number of carbonyl (C=O) groups excluding carboxylic acids is 1. The maximum atomic E-state index is 11.7. The maximum Gasteiger partial charge on any atom is 0.244 e. The molecule has 1 fully saturated rings. The van der Waals surface area contributed by atoms with Gasteiger partial charge in [-0.2, -0.15) is 0 Å². The highest BCUT2D eigenvalue weighted by molar-refractivity contribution is 5.91. The Morgan fingerprint density at radius 3 is 2.74 bits per heavy atom. The molecule has 0 saturated heterocycles. The van der Waals surface area contributed by atoms with Gasteiger partial charge in [-0.05, 0) is 37.0 Å². The van der Waals surface area contributed by atoms with E-state index in [9.17, 15) is 9.90 Å². The van der Waals surface area contributed by atoms with Crippen molar-refractivity contribution in [1.29, 1.82) is 0 Å². The van der Waals surface area contributed by atoms with Crippen LogP contribution in [0.1, 0.15) is 36.8 Å². The van der Waals surface area contributed by atoms with Crippen molar-refractivity contribution >= 4 is 12.0 Å². The molecule has 0 bridgehead atoms. The van der Waals surface area contributed by atoms with Crippen molar-refractivity contribution in [3.8, 4) is 0 Å². The summed E-state index contributed by atoms with van der Waals surface area (Å²) < 4.78 is 0. The predicted molar refractivity (Wildman–Crippen MR) is 76.6 cm³/mol. The van der Waals surface area contributed by atoms with E-state index in [1.165, 1.54) is 6.08 Å². The first-order chi connectivity index (χ1) is 9.09. The number of amides is 1. The molecular formula is C16H21NO2. The predicted octanol–water partition coefficient (Wildman–Crippen LogP) is 2.43. The Morgan fingerprint density at radius 2 is 2.05 bits per heavy atom. The number of aryl methyl sites for hydroxylation is 1. The van der Waals surface area contributed by atoms with Gasteiger partial charge in [0.15, 0.2) is 0 Å². The van der Waals surface area contributed by atoms with Crippen LogP contribution in [0.15, 0.2) is 30.3 Å². The molecule has 1 aromatic rings. The Labute approximate surface area is 114 Å². The van der Waals surface area contributed by atoms with Gasteiger partial charge in [-0.25, -0.2) is 0 Å². The van der Waals surface area contributed by atoms with Gasteiger partial charge in [0.1, 0.15) is 0 Å². The molecule has 19 heavy (non-hydrogen) atoms. The lowest BCUT2D eigenvalue weighted by Crippen LogP contribution is -2.40. The van der Waals surface area contributed by atoms with Gasteiger partial charge in [0.05, 0.1) is 5.60 Å². The van der Waals surface area contributed by atoms with Gasteiger partial charge in [0, 0.05) is 12.6 Å². The third kappa shape index (κ3) is 3.93. The van der Waals surface area contributed by atoms with Gasteiger partial charge < -0.3 is 10.4 Å². The highest BCUT2D eigenvalue weighted by Gasteiger charge is 2.30. The minimum atomic E-state index is -0.688. The number of hydrogen-bond donors (Lipinski definition) is 2. The molecule has 1 aromatic carbocycles. The fourth-order valence-corrected chi connectivity index (χ4v) is 2.46. The van der Waals surface area contributed by atoms with E-state index >= 15 is 0 Å². The summed E-state index contributed by atoms with van der Waals surface area (Å²) in [5.41, 5.74) is 1.49. The van der Waals surface area contributed by atoms with Crippen LogP contribution in [0.5, 0.6) is 0 Å². The van der Waals surface area contributed by atoms with E-state index in [1.807, 2.05) is 37.3 Å². The molecule has 0 aromatic heterocycles. The zero-order valence-electron chi connectivity index (χ0n) is 11.4. The van der Waals surface area contributed by atoms with Crippen LogP contribution in [0.2, 0.25) is 0 Å². The lowest BCUT2D eigenvalue weighted by atomic mass is 10.0. The summed E-state index contributed by atoms with van der Waals surface area (Å²) in [5, 5.41) is 12.9. The Kier molecular flexibility index (Phi) is 4.38. The number of nitrogens with one attached hydrogen (secondary N) is 1. The standard InChI is InChI=1S/C16H21NO2/c1-13-6-2-3-7-14(13)8-9-15(18)17-12-16(19)10-4-5-11-16/h2-3,6-9,19H,4-5,10-12H2,1H3,(H,17,18). The quantitative estimate of drug-likeness (QED) is 0.816. The van der Waals surface area contributed by atoms with Gasteiger partial charge in [0.2, 0.25) is 5.91 Å². The van der Waals surface area contributed by atoms with Crippen LogP contribution >= 0.6 is 0 Å². The molecule has 0 atom stereocenters. The summed E-state index contributed by atoms with van der Waals surface area (Å²) in [6, 6.07) is 7.91. The Morgan fingerprint density at radius 1 is 1.37 bits per heavy atom. The fourth-order valence-electron chi connectivity index (χ4n) is 2.46. The van der Waals surface area contributed by atoms with Crippen LogP contribution in [-0.2, 0) is 4.79 Å². The maximum absolute atomic E-state index is 11.7. The molecule has 0 unspecified atom stereocenters. The molecule has 0 heterocycles. The Hall–Kier alpha value is -1.61. The molecular weight excluding hydrogens is 238 g/mol. The van der Waals surface area contributed by atoms with Crippen LogP contribution in [0, 0.1) is 6.92 Å². The van der Waals surface area contributed by atoms with E-state index in [0.29, 0.717) is 6.54 Å². The SMILES string of the molecule is Cc1ccccc1C=CC(=O)NCC1(O)CCCC1. The van der Waals surface area contributed by atoms with E-state index in [0.717, 1.165) is 36.8 Å². The number of aliphatic hydroxyl groups is 1. The number of benzene rings is 1. The van der Waals surface area contributed by atoms with Gasteiger partial charge in [-0.1, -0.05) is 37.1 Å². The van der Waals surface area contributed by atoms with Crippen LogP contribution in [0.4, 0.5) is 0 Å². The molecule has 2 N–H and O–H groups in total. The lowest BCUT2D eigenvalue weighted by molar-refractivity contribution is -0.117. The van der Waals surface area contributed by atoms with E-state index in [1.54, 1.807) is 0 Å². The van der Waals surface area contributed by atoms with E-state index in [4.69, 9.17) is 0 Å². The highest BCUT2D eigenvalue weighted by Crippen LogP contribution is 2.28. The first-order valence-electron chi connectivity index (χ1n) is 6.83. The van der Waals surface area contributed by atoms with E-state index in [2.05, 4.69) is 5.32 Å². The zero-order valence-corrected chi connectivity index (χ0v) is 11.4. The first kappa shape index (κ1) is 13.8. The van der Waals surface area contributed by atoms with E-state index < -0.39 is 5.60 Å². The lowest BCUT2D eigenvalue weighted by Gasteiger charge is -2.21. The summed E-state index contributed by atoms with van der Waals surface area (Å²) in [5.74, 6) is -0.149. The first-order valence-corrected chi connectivity index (χ1v) is 6.83. The third-order valence-electron chi connectivity index (χ3n) is 3.73. The average Bonchev–Trinajstić information content (AvgIpc) is 2.83. The summed E-state index contributed by atoms with van der Waals surface area (Å²) >= 11 is 0. The van der Waals surface area contributed by atoms with Crippen molar-refractivity contribution < 1.29 is 9.90 Å². The second-order valence-electron chi connectivity index (χ2n) is 5.34. The normalized spacial score (nSPS) is 17.8. The zero-order chi connectivity index (χ0) is 13.7. The van der Waals surface area contributed by atoms with Crippen molar-refractivity contribution in [2.24, 2.45) is 0 Å². The van der Waals surface area contributed by atoms with Gasteiger partial charge in [-0.15, -0.1) is 0 Å². The topological polar surface area (TPSA) is 49.3 Å². The molecule has 3 nitrogen and oxygen atoms in total. The van der Waals surface area contributed by atoms with Crippen molar-refractivity contribution in [3.05, 3.63) is 41.5 Å². The molecule has 102 valence electrons. The Bertz CT molecular complexity index is 473. The minimum Gasteiger partial charge on any atom is -0.388 e. The summed E-state index contributed by atoms with van der Waals surface area (Å²) in [7, 11) is 0. The molecule has 0 aliphatic heterocycles. The molecule has 0 radical (unpaired) electrons. The van der Waals surface area contributed by atoms with Crippen molar-refractivity contribution in [2.75, 3.05) is 6.54 Å². The van der Waals surface area contributed by atoms with Crippen molar-refractivity contribution in [3.63, 3.8) is 0 Å². The summed E-state index contributed by atoms with van der Waals surface area (Å²) in [6.07, 6.45) is 7.00. The van der Waals surface area contributed by atoms with Gasteiger partial charge in [0.25, 0.3) is 0 Å². The smallest absolute Gasteiger partial charge is 0.244 e. The van der Waals surface area contributed by atoms with Crippen LogP contribution in [0.3, 0.4) is 0 Å². The number of rotatable bonds is 4.